The molecule has 5 nitrogen and oxygen atoms in total. The number of sulfonamides is 1. The van der Waals surface area contributed by atoms with Gasteiger partial charge in [-0.1, -0.05) is 54.1 Å². The van der Waals surface area contributed by atoms with Crippen molar-refractivity contribution in [2.75, 3.05) is 17.9 Å². The van der Waals surface area contributed by atoms with E-state index < -0.39 is 10.0 Å². The number of nitrogens with zero attached hydrogens (tertiary/aromatic N) is 2. The van der Waals surface area contributed by atoms with E-state index in [9.17, 15) is 13.2 Å². The van der Waals surface area contributed by atoms with Crippen LogP contribution in [0.5, 0.6) is 0 Å². The van der Waals surface area contributed by atoms with Crippen LogP contribution < -0.4 is 4.31 Å². The molecule has 0 aliphatic carbocycles. The van der Waals surface area contributed by atoms with E-state index in [-0.39, 0.29) is 10.8 Å². The van der Waals surface area contributed by atoms with Gasteiger partial charge >= 0.3 is 0 Å². The van der Waals surface area contributed by atoms with E-state index in [4.69, 9.17) is 11.6 Å². The second-order valence-corrected chi connectivity index (χ2v) is 9.57. The van der Waals surface area contributed by atoms with Crippen molar-refractivity contribution in [1.82, 2.24) is 4.90 Å². The van der Waals surface area contributed by atoms with Crippen LogP contribution in [0, 0.1) is 0 Å². The average Bonchev–Trinajstić information content (AvgIpc) is 2.78. The summed E-state index contributed by atoms with van der Waals surface area (Å²) >= 11 is 6.33. The highest BCUT2D eigenvalue weighted by Crippen LogP contribution is 2.29. The molecule has 7 heteroatoms. The second kappa shape index (κ2) is 8.13. The predicted octanol–water partition coefficient (Wildman–Crippen LogP) is 4.36. The van der Waals surface area contributed by atoms with Crippen molar-refractivity contribution < 1.29 is 13.2 Å². The molecule has 0 unspecified atom stereocenters. The first-order valence-corrected chi connectivity index (χ1v) is 11.4. The minimum Gasteiger partial charge on any atom is -0.334 e. The van der Waals surface area contributed by atoms with Crippen LogP contribution in [0.1, 0.15) is 21.5 Å². The molecule has 154 valence electrons. The van der Waals surface area contributed by atoms with Gasteiger partial charge < -0.3 is 4.90 Å². The molecule has 0 fully saturated rings. The molecule has 0 saturated heterocycles. The van der Waals surface area contributed by atoms with E-state index >= 15 is 0 Å². The molecule has 1 amide bonds. The molecule has 3 aromatic carbocycles. The number of rotatable bonds is 4. The summed E-state index contributed by atoms with van der Waals surface area (Å²) in [6, 6.07) is 21.0. The van der Waals surface area contributed by atoms with Gasteiger partial charge in [-0.2, -0.15) is 0 Å². The SMILES string of the molecule is CN(c1ccc(Cl)c(C(=O)N2CCc3ccccc3C2)c1)S(=O)(=O)c1ccccc1. The minimum atomic E-state index is -3.75. The molecule has 30 heavy (non-hydrogen) atoms. The first-order valence-electron chi connectivity index (χ1n) is 9.57. The Morgan fingerprint density at radius 2 is 1.63 bits per heavy atom. The van der Waals surface area contributed by atoms with Gasteiger partial charge in [-0.25, -0.2) is 8.42 Å². The van der Waals surface area contributed by atoms with Gasteiger partial charge in [0, 0.05) is 20.1 Å². The molecular weight excluding hydrogens is 420 g/mol. The summed E-state index contributed by atoms with van der Waals surface area (Å²) in [6.07, 6.45) is 0.779. The quantitative estimate of drug-likeness (QED) is 0.605. The van der Waals surface area contributed by atoms with Gasteiger partial charge in [-0.15, -0.1) is 0 Å². The van der Waals surface area contributed by atoms with Gasteiger partial charge in [0.25, 0.3) is 15.9 Å². The maximum absolute atomic E-state index is 13.2. The summed E-state index contributed by atoms with van der Waals surface area (Å²) in [5.41, 5.74) is 3.04. The van der Waals surface area contributed by atoms with Crippen LogP contribution in [0.25, 0.3) is 0 Å². The Balaban J connectivity index is 1.63. The van der Waals surface area contributed by atoms with E-state index in [1.54, 1.807) is 53.4 Å². The van der Waals surface area contributed by atoms with Gasteiger partial charge in [0.2, 0.25) is 0 Å². The van der Waals surface area contributed by atoms with Gasteiger partial charge in [-0.3, -0.25) is 9.10 Å². The summed E-state index contributed by atoms with van der Waals surface area (Å²) in [5, 5.41) is 0.299. The van der Waals surface area contributed by atoms with Crippen molar-refractivity contribution in [3.63, 3.8) is 0 Å². The van der Waals surface area contributed by atoms with Gasteiger partial charge in [-0.05, 0) is 47.9 Å². The number of anilines is 1. The van der Waals surface area contributed by atoms with Crippen molar-refractivity contribution in [2.45, 2.75) is 17.9 Å². The number of amides is 1. The molecule has 3 aromatic rings. The highest BCUT2D eigenvalue weighted by atomic mass is 35.5. The minimum absolute atomic E-state index is 0.183. The lowest BCUT2D eigenvalue weighted by atomic mass is 9.99. The molecule has 0 spiro atoms. The van der Waals surface area contributed by atoms with Crippen molar-refractivity contribution in [3.05, 3.63) is 94.5 Å². The highest BCUT2D eigenvalue weighted by molar-refractivity contribution is 7.92. The lowest BCUT2D eigenvalue weighted by Gasteiger charge is -2.29. The zero-order chi connectivity index (χ0) is 21.3. The maximum Gasteiger partial charge on any atom is 0.264 e. The third-order valence-corrected chi connectivity index (χ3v) is 7.49. The summed E-state index contributed by atoms with van der Waals surface area (Å²) in [7, 11) is -2.28. The fraction of sp³-hybridized carbons (Fsp3) is 0.174. The van der Waals surface area contributed by atoms with Crippen LogP contribution in [0.3, 0.4) is 0 Å². The highest BCUT2D eigenvalue weighted by Gasteiger charge is 2.26. The normalized spacial score (nSPS) is 13.6. The monoisotopic (exact) mass is 440 g/mol. The topological polar surface area (TPSA) is 57.7 Å². The molecule has 0 bridgehead atoms. The molecule has 0 aromatic heterocycles. The number of carbonyl (C=O) groups excluding carboxylic acids is 1. The summed E-state index contributed by atoms with van der Waals surface area (Å²) in [4.78, 5) is 15.1. The molecule has 0 radical (unpaired) electrons. The number of hydrogen-bond donors (Lipinski definition) is 0. The Labute approximate surface area is 181 Å². The molecule has 0 N–H and O–H groups in total. The Morgan fingerprint density at radius 3 is 2.37 bits per heavy atom. The molecule has 0 saturated carbocycles. The average molecular weight is 441 g/mol. The van der Waals surface area contributed by atoms with Crippen LogP contribution in [-0.4, -0.2) is 32.8 Å². The van der Waals surface area contributed by atoms with Crippen LogP contribution in [0.4, 0.5) is 5.69 Å². The van der Waals surface area contributed by atoms with Crippen molar-refractivity contribution in [1.29, 1.82) is 0 Å². The van der Waals surface area contributed by atoms with Crippen LogP contribution in [0.2, 0.25) is 5.02 Å². The van der Waals surface area contributed by atoms with E-state index in [0.717, 1.165) is 12.0 Å². The molecule has 4 rings (SSSR count). The van der Waals surface area contributed by atoms with E-state index in [2.05, 4.69) is 6.07 Å². The van der Waals surface area contributed by atoms with Crippen LogP contribution in [-0.2, 0) is 23.0 Å². The number of benzene rings is 3. The molecule has 0 atom stereocenters. The number of fused-ring (bicyclic) bond motifs is 1. The molecule has 1 aliphatic rings. The molecule has 1 aliphatic heterocycles. The zero-order valence-electron chi connectivity index (χ0n) is 16.5. The number of hydrogen-bond acceptors (Lipinski definition) is 3. The fourth-order valence-electron chi connectivity index (χ4n) is 3.60. The number of halogens is 1. The van der Waals surface area contributed by atoms with Gasteiger partial charge in [0.1, 0.15) is 0 Å². The van der Waals surface area contributed by atoms with E-state index in [1.165, 1.54) is 16.9 Å². The van der Waals surface area contributed by atoms with Crippen molar-refractivity contribution in [3.8, 4) is 0 Å². The fourth-order valence-corrected chi connectivity index (χ4v) is 5.01. The Hall–Kier alpha value is -2.83. The zero-order valence-corrected chi connectivity index (χ0v) is 18.0. The molecule has 1 heterocycles. The van der Waals surface area contributed by atoms with Crippen molar-refractivity contribution in [2.24, 2.45) is 0 Å². The first kappa shape index (κ1) is 20.4. The van der Waals surface area contributed by atoms with Crippen LogP contribution in [0.15, 0.2) is 77.7 Å². The standard InChI is InChI=1S/C23H21ClN2O3S/c1-25(30(28,29)20-9-3-2-4-10-20)19-11-12-22(24)21(15-19)23(27)26-14-13-17-7-5-6-8-18(17)16-26/h2-12,15H,13-14,16H2,1H3. The Bertz CT molecular complexity index is 1200. The summed E-state index contributed by atoms with van der Waals surface area (Å²) < 4.78 is 27.0. The number of carbonyl (C=O) groups is 1. The summed E-state index contributed by atoms with van der Waals surface area (Å²) in [6.45, 7) is 1.10. The van der Waals surface area contributed by atoms with Gasteiger partial charge in [0.05, 0.1) is 21.2 Å². The van der Waals surface area contributed by atoms with E-state index in [0.29, 0.717) is 29.4 Å². The van der Waals surface area contributed by atoms with Gasteiger partial charge in [0.15, 0.2) is 0 Å². The lowest BCUT2D eigenvalue weighted by molar-refractivity contribution is 0.0735. The smallest absolute Gasteiger partial charge is 0.264 e. The third kappa shape index (κ3) is 3.80. The third-order valence-electron chi connectivity index (χ3n) is 5.36. The summed E-state index contributed by atoms with van der Waals surface area (Å²) in [5.74, 6) is -0.207. The second-order valence-electron chi connectivity index (χ2n) is 7.20. The molecular formula is C23H21ClN2O3S. The largest absolute Gasteiger partial charge is 0.334 e. The maximum atomic E-state index is 13.2. The van der Waals surface area contributed by atoms with Crippen LogP contribution >= 0.6 is 11.6 Å². The predicted molar refractivity (Wildman–Crippen MR) is 118 cm³/mol. The van der Waals surface area contributed by atoms with E-state index in [1.807, 2.05) is 18.2 Å². The Morgan fingerprint density at radius 1 is 0.967 bits per heavy atom. The Kier molecular flexibility index (Phi) is 5.54. The lowest BCUT2D eigenvalue weighted by Crippen LogP contribution is -2.36. The first-order chi connectivity index (χ1) is 14.4. The van der Waals surface area contributed by atoms with Crippen molar-refractivity contribution >= 4 is 33.2 Å².